The van der Waals surface area contributed by atoms with Crippen molar-refractivity contribution in [1.29, 1.82) is 0 Å². The summed E-state index contributed by atoms with van der Waals surface area (Å²) in [7, 11) is 3.25. The van der Waals surface area contributed by atoms with Crippen LogP contribution >= 0.6 is 12.6 Å². The Bertz CT molecular complexity index is 315. The molecule has 1 aromatic rings. The zero-order chi connectivity index (χ0) is 12.7. The molecular weight excluding hydrogens is 236 g/mol. The molecule has 0 fully saturated rings. The van der Waals surface area contributed by atoms with Crippen LogP contribution in [0, 0.1) is 5.92 Å². The zero-order valence-electron chi connectivity index (χ0n) is 10.6. The Balaban J connectivity index is 2.69. The lowest BCUT2D eigenvalue weighted by Crippen LogP contribution is -2.12. The number of hydrogen-bond acceptors (Lipinski definition) is 4. The highest BCUT2D eigenvalue weighted by Crippen LogP contribution is 2.27. The molecule has 1 aromatic carbocycles. The summed E-state index contributed by atoms with van der Waals surface area (Å²) in [4.78, 5) is 0. The second-order valence-electron chi connectivity index (χ2n) is 3.82. The van der Waals surface area contributed by atoms with E-state index < -0.39 is 0 Å². The van der Waals surface area contributed by atoms with Crippen molar-refractivity contribution in [3.05, 3.63) is 18.2 Å². The molecule has 0 radical (unpaired) electrons. The third kappa shape index (κ3) is 4.38. The Hall–Kier alpha value is -1.03. The molecule has 0 bridgehead atoms. The van der Waals surface area contributed by atoms with Gasteiger partial charge in [-0.3, -0.25) is 0 Å². The zero-order valence-corrected chi connectivity index (χ0v) is 11.5. The van der Waals surface area contributed by atoms with Gasteiger partial charge in [-0.2, -0.15) is 12.6 Å². The second-order valence-corrected chi connectivity index (χ2v) is 4.18. The number of methoxy groups -OCH3 is 2. The predicted molar refractivity (Wildman–Crippen MR) is 72.7 cm³/mol. The maximum absolute atomic E-state index is 5.73. The molecule has 0 saturated carbocycles. The first-order valence-corrected chi connectivity index (χ1v) is 6.33. The van der Waals surface area contributed by atoms with Gasteiger partial charge in [0.15, 0.2) is 0 Å². The van der Waals surface area contributed by atoms with Crippen LogP contribution in [0.1, 0.15) is 13.3 Å². The van der Waals surface area contributed by atoms with E-state index in [1.807, 2.05) is 18.2 Å². The fourth-order valence-electron chi connectivity index (χ4n) is 1.38. The van der Waals surface area contributed by atoms with Crippen molar-refractivity contribution in [3.8, 4) is 17.2 Å². The van der Waals surface area contributed by atoms with E-state index in [2.05, 4.69) is 19.6 Å². The highest BCUT2D eigenvalue weighted by Gasteiger charge is 2.07. The van der Waals surface area contributed by atoms with Gasteiger partial charge in [0.25, 0.3) is 0 Å². The van der Waals surface area contributed by atoms with Crippen molar-refractivity contribution in [2.45, 2.75) is 13.3 Å². The van der Waals surface area contributed by atoms with E-state index in [1.165, 1.54) is 0 Å². The molecular formula is C13H20O3S. The highest BCUT2D eigenvalue weighted by atomic mass is 32.1. The van der Waals surface area contributed by atoms with Crippen LogP contribution in [-0.2, 0) is 0 Å². The molecule has 0 spiro atoms. The molecule has 3 nitrogen and oxygen atoms in total. The molecule has 0 N–H and O–H groups in total. The van der Waals surface area contributed by atoms with Crippen LogP contribution in [0.25, 0.3) is 0 Å². The van der Waals surface area contributed by atoms with E-state index >= 15 is 0 Å². The molecule has 0 aliphatic heterocycles. The van der Waals surface area contributed by atoms with Gasteiger partial charge in [-0.15, -0.1) is 0 Å². The summed E-state index contributed by atoms with van der Waals surface area (Å²) in [6.45, 7) is 2.80. The maximum atomic E-state index is 5.73. The Morgan fingerprint density at radius 1 is 1.06 bits per heavy atom. The molecule has 1 rings (SSSR count). The van der Waals surface area contributed by atoms with E-state index in [4.69, 9.17) is 14.2 Å². The van der Waals surface area contributed by atoms with E-state index in [0.29, 0.717) is 12.5 Å². The lowest BCUT2D eigenvalue weighted by molar-refractivity contribution is 0.257. The molecule has 1 unspecified atom stereocenters. The number of benzene rings is 1. The van der Waals surface area contributed by atoms with Crippen LogP contribution in [0.4, 0.5) is 0 Å². The first kappa shape index (κ1) is 14.0. The Labute approximate surface area is 108 Å². The average molecular weight is 256 g/mol. The summed E-state index contributed by atoms with van der Waals surface area (Å²) >= 11 is 4.29. The highest BCUT2D eigenvalue weighted by molar-refractivity contribution is 7.80. The van der Waals surface area contributed by atoms with E-state index in [1.54, 1.807) is 14.2 Å². The van der Waals surface area contributed by atoms with Crippen LogP contribution in [-0.4, -0.2) is 26.6 Å². The average Bonchev–Trinajstić information content (AvgIpc) is 2.39. The lowest BCUT2D eigenvalue weighted by atomic mass is 10.1. The van der Waals surface area contributed by atoms with Gasteiger partial charge in [-0.1, -0.05) is 6.92 Å². The fraction of sp³-hybridized carbons (Fsp3) is 0.538. The van der Waals surface area contributed by atoms with Crippen LogP contribution in [0.15, 0.2) is 18.2 Å². The minimum atomic E-state index is 0.468. The van der Waals surface area contributed by atoms with Crippen LogP contribution in [0.2, 0.25) is 0 Å². The van der Waals surface area contributed by atoms with Gasteiger partial charge < -0.3 is 14.2 Å². The van der Waals surface area contributed by atoms with Crippen molar-refractivity contribution < 1.29 is 14.2 Å². The number of thiol groups is 1. The molecule has 0 aliphatic rings. The van der Waals surface area contributed by atoms with Gasteiger partial charge in [-0.05, 0) is 12.2 Å². The van der Waals surface area contributed by atoms with Gasteiger partial charge in [0.1, 0.15) is 17.2 Å². The first-order valence-electron chi connectivity index (χ1n) is 5.70. The molecule has 1 atom stereocenters. The quantitative estimate of drug-likeness (QED) is 0.760. The van der Waals surface area contributed by atoms with Gasteiger partial charge in [-0.25, -0.2) is 0 Å². The minimum absolute atomic E-state index is 0.468. The number of hydrogen-bond donors (Lipinski definition) is 1. The SMILES string of the molecule is CCC(CS)COc1cc(OC)cc(OC)c1. The normalized spacial score (nSPS) is 12.0. The van der Waals surface area contributed by atoms with Crippen molar-refractivity contribution in [1.82, 2.24) is 0 Å². The second kappa shape index (κ2) is 7.33. The fourth-order valence-corrected chi connectivity index (χ4v) is 1.74. The molecule has 17 heavy (non-hydrogen) atoms. The summed E-state index contributed by atoms with van der Waals surface area (Å²) in [6.07, 6.45) is 1.06. The summed E-state index contributed by atoms with van der Waals surface area (Å²) in [5.74, 6) is 3.53. The Morgan fingerprint density at radius 2 is 1.59 bits per heavy atom. The predicted octanol–water partition coefficient (Wildman–Crippen LogP) is 3.04. The molecule has 0 aromatic heterocycles. The standard InChI is InChI=1S/C13H20O3S/c1-4-10(9-17)8-16-13-6-11(14-2)5-12(7-13)15-3/h5-7,10,17H,4,8-9H2,1-3H3. The monoisotopic (exact) mass is 256 g/mol. The molecule has 4 heteroatoms. The molecule has 0 saturated heterocycles. The summed E-state index contributed by atoms with van der Waals surface area (Å²) in [5, 5.41) is 0. The van der Waals surface area contributed by atoms with E-state index in [9.17, 15) is 0 Å². The van der Waals surface area contributed by atoms with Crippen molar-refractivity contribution in [3.63, 3.8) is 0 Å². The molecule has 0 amide bonds. The molecule has 96 valence electrons. The van der Waals surface area contributed by atoms with Crippen LogP contribution in [0.3, 0.4) is 0 Å². The topological polar surface area (TPSA) is 27.7 Å². The number of ether oxygens (including phenoxy) is 3. The van der Waals surface area contributed by atoms with E-state index in [0.717, 1.165) is 29.4 Å². The Morgan fingerprint density at radius 3 is 2.00 bits per heavy atom. The summed E-state index contributed by atoms with van der Waals surface area (Å²) in [6, 6.07) is 5.53. The molecule has 0 heterocycles. The first-order chi connectivity index (χ1) is 8.23. The number of rotatable bonds is 7. The summed E-state index contributed by atoms with van der Waals surface area (Å²) < 4.78 is 16.1. The lowest BCUT2D eigenvalue weighted by Gasteiger charge is -2.14. The Kier molecular flexibility index (Phi) is 6.05. The third-order valence-electron chi connectivity index (χ3n) is 2.65. The van der Waals surface area contributed by atoms with Crippen molar-refractivity contribution >= 4 is 12.6 Å². The van der Waals surface area contributed by atoms with Gasteiger partial charge >= 0.3 is 0 Å². The minimum Gasteiger partial charge on any atom is -0.496 e. The third-order valence-corrected chi connectivity index (χ3v) is 3.16. The van der Waals surface area contributed by atoms with Gasteiger partial charge in [0.05, 0.1) is 20.8 Å². The van der Waals surface area contributed by atoms with Crippen LogP contribution < -0.4 is 14.2 Å². The van der Waals surface area contributed by atoms with Crippen LogP contribution in [0.5, 0.6) is 17.2 Å². The van der Waals surface area contributed by atoms with Gasteiger partial charge in [0.2, 0.25) is 0 Å². The largest absolute Gasteiger partial charge is 0.496 e. The maximum Gasteiger partial charge on any atom is 0.126 e. The van der Waals surface area contributed by atoms with Crippen molar-refractivity contribution in [2.75, 3.05) is 26.6 Å². The van der Waals surface area contributed by atoms with Crippen molar-refractivity contribution in [2.24, 2.45) is 5.92 Å². The molecule has 0 aliphatic carbocycles. The summed E-state index contributed by atoms with van der Waals surface area (Å²) in [5.41, 5.74) is 0. The van der Waals surface area contributed by atoms with Gasteiger partial charge in [0, 0.05) is 24.1 Å². The smallest absolute Gasteiger partial charge is 0.126 e. The van der Waals surface area contributed by atoms with E-state index in [-0.39, 0.29) is 0 Å².